The molecule has 1 unspecified atom stereocenters. The van der Waals surface area contributed by atoms with E-state index in [1.165, 1.54) is 11.1 Å². The van der Waals surface area contributed by atoms with E-state index in [1.54, 1.807) is 0 Å². The average Bonchev–Trinajstić information content (AvgIpc) is 2.91. The zero-order valence-corrected chi connectivity index (χ0v) is 12.8. The number of amides is 2. The Morgan fingerprint density at radius 3 is 2.70 bits per heavy atom. The number of nitrogens with zero attached hydrogens (tertiary/aromatic N) is 1. The minimum absolute atomic E-state index is 0.0811. The van der Waals surface area contributed by atoms with Gasteiger partial charge in [0, 0.05) is 18.7 Å². The van der Waals surface area contributed by atoms with Crippen molar-refractivity contribution in [2.75, 3.05) is 6.54 Å². The van der Waals surface area contributed by atoms with E-state index in [0.717, 1.165) is 18.5 Å². The number of carbonyl (C=O) groups excluding carboxylic acids is 2. The molecule has 0 aromatic heterocycles. The van der Waals surface area contributed by atoms with Gasteiger partial charge in [-0.1, -0.05) is 42.5 Å². The molecule has 2 aromatic rings. The minimum Gasteiger partial charge on any atom is -0.345 e. The molecule has 2 aliphatic rings. The molecule has 0 fully saturated rings. The molecule has 0 saturated carbocycles. The van der Waals surface area contributed by atoms with E-state index in [-0.39, 0.29) is 17.9 Å². The third-order valence-corrected chi connectivity index (χ3v) is 4.75. The normalized spacial score (nSPS) is 19.0. The van der Waals surface area contributed by atoms with Crippen LogP contribution in [0.1, 0.15) is 39.5 Å². The van der Waals surface area contributed by atoms with Gasteiger partial charge in [0.2, 0.25) is 5.91 Å². The van der Waals surface area contributed by atoms with Crippen LogP contribution in [-0.2, 0) is 17.8 Å². The summed E-state index contributed by atoms with van der Waals surface area (Å²) in [5, 5.41) is 2.92. The van der Waals surface area contributed by atoms with Crippen molar-refractivity contribution in [1.82, 2.24) is 10.2 Å². The first-order valence-corrected chi connectivity index (χ1v) is 7.97. The van der Waals surface area contributed by atoms with Crippen molar-refractivity contribution >= 4 is 11.8 Å². The second kappa shape index (κ2) is 5.54. The van der Waals surface area contributed by atoms with E-state index in [2.05, 4.69) is 17.4 Å². The Hall–Kier alpha value is -2.62. The lowest BCUT2D eigenvalue weighted by molar-refractivity contribution is -0.132. The van der Waals surface area contributed by atoms with Gasteiger partial charge in [0.1, 0.15) is 0 Å². The van der Waals surface area contributed by atoms with Crippen molar-refractivity contribution in [2.45, 2.75) is 25.4 Å². The molecule has 0 aliphatic carbocycles. The molecular weight excluding hydrogens is 288 g/mol. The summed E-state index contributed by atoms with van der Waals surface area (Å²) >= 11 is 0. The lowest BCUT2D eigenvalue weighted by Gasteiger charge is -2.29. The lowest BCUT2D eigenvalue weighted by atomic mass is 9.98. The molecule has 1 N–H and O–H groups in total. The Balaban J connectivity index is 1.49. The molecule has 0 bridgehead atoms. The molecule has 2 aromatic carbocycles. The molecule has 0 spiro atoms. The fourth-order valence-electron chi connectivity index (χ4n) is 3.49. The van der Waals surface area contributed by atoms with Gasteiger partial charge in [0.25, 0.3) is 5.91 Å². The average molecular weight is 306 g/mol. The fourth-order valence-corrected chi connectivity index (χ4v) is 3.49. The van der Waals surface area contributed by atoms with Crippen LogP contribution in [0.15, 0.2) is 48.5 Å². The van der Waals surface area contributed by atoms with Gasteiger partial charge in [0.15, 0.2) is 0 Å². The number of benzene rings is 2. The molecule has 4 nitrogen and oxygen atoms in total. The predicted molar refractivity (Wildman–Crippen MR) is 86.8 cm³/mol. The predicted octanol–water partition coefficient (Wildman–Crippen LogP) is 2.45. The maximum absolute atomic E-state index is 12.7. The van der Waals surface area contributed by atoms with Crippen molar-refractivity contribution in [1.29, 1.82) is 0 Å². The highest BCUT2D eigenvalue weighted by Gasteiger charge is 2.31. The summed E-state index contributed by atoms with van der Waals surface area (Å²) in [5.74, 6) is 0.0175. The summed E-state index contributed by atoms with van der Waals surface area (Å²) in [5.41, 5.74) is 4.18. The molecule has 1 atom stereocenters. The summed E-state index contributed by atoms with van der Waals surface area (Å²) in [4.78, 5) is 26.5. The van der Waals surface area contributed by atoms with Crippen LogP contribution in [0.4, 0.5) is 0 Å². The highest BCUT2D eigenvalue weighted by Crippen LogP contribution is 2.29. The minimum atomic E-state index is -0.205. The second-order valence-electron chi connectivity index (χ2n) is 6.15. The lowest BCUT2D eigenvalue weighted by Crippen LogP contribution is -2.37. The Bertz CT molecular complexity index is 784. The Morgan fingerprint density at radius 1 is 1.09 bits per heavy atom. The molecule has 2 aliphatic heterocycles. The quantitative estimate of drug-likeness (QED) is 0.926. The molecule has 0 saturated heterocycles. The van der Waals surface area contributed by atoms with E-state index in [0.29, 0.717) is 18.5 Å². The van der Waals surface area contributed by atoms with Gasteiger partial charge in [-0.25, -0.2) is 0 Å². The third kappa shape index (κ3) is 2.50. The molecular formula is C19H18N2O2. The summed E-state index contributed by atoms with van der Waals surface area (Å²) in [6, 6.07) is 15.6. The van der Waals surface area contributed by atoms with Crippen LogP contribution in [0, 0.1) is 0 Å². The first-order chi connectivity index (χ1) is 11.2. The standard InChI is InChI=1S/C19H18N2O2/c22-18(21-10-9-13-5-1-2-6-14(13)12-21)11-17-15-7-3-4-8-16(15)19(23)20-17/h1-8,17H,9-12H2,(H,20,23). The maximum Gasteiger partial charge on any atom is 0.252 e. The van der Waals surface area contributed by atoms with Crippen molar-refractivity contribution < 1.29 is 9.59 Å². The van der Waals surface area contributed by atoms with Gasteiger partial charge < -0.3 is 10.2 Å². The van der Waals surface area contributed by atoms with Gasteiger partial charge in [-0.2, -0.15) is 0 Å². The number of fused-ring (bicyclic) bond motifs is 2. The van der Waals surface area contributed by atoms with Crippen molar-refractivity contribution in [2.24, 2.45) is 0 Å². The zero-order valence-electron chi connectivity index (χ0n) is 12.8. The van der Waals surface area contributed by atoms with Crippen LogP contribution >= 0.6 is 0 Å². The van der Waals surface area contributed by atoms with Gasteiger partial charge in [-0.15, -0.1) is 0 Å². The van der Waals surface area contributed by atoms with Crippen LogP contribution in [0.5, 0.6) is 0 Å². The van der Waals surface area contributed by atoms with Crippen molar-refractivity contribution in [3.05, 3.63) is 70.8 Å². The highest BCUT2D eigenvalue weighted by atomic mass is 16.2. The SMILES string of the molecule is O=C1NC(CC(=O)N2CCc3ccccc3C2)c2ccccc21. The third-order valence-electron chi connectivity index (χ3n) is 4.75. The highest BCUT2D eigenvalue weighted by molar-refractivity contribution is 5.99. The van der Waals surface area contributed by atoms with E-state index >= 15 is 0 Å². The summed E-state index contributed by atoms with van der Waals surface area (Å²) < 4.78 is 0. The van der Waals surface area contributed by atoms with Gasteiger partial charge in [-0.3, -0.25) is 9.59 Å². The summed E-state index contributed by atoms with van der Waals surface area (Å²) in [6.45, 7) is 1.41. The van der Waals surface area contributed by atoms with Crippen LogP contribution < -0.4 is 5.32 Å². The largest absolute Gasteiger partial charge is 0.345 e. The van der Waals surface area contributed by atoms with Gasteiger partial charge in [0.05, 0.1) is 12.5 Å². The number of carbonyl (C=O) groups is 2. The Labute approximate surface area is 135 Å². The smallest absolute Gasteiger partial charge is 0.252 e. The number of rotatable bonds is 2. The topological polar surface area (TPSA) is 49.4 Å². The maximum atomic E-state index is 12.7. The van der Waals surface area contributed by atoms with Crippen molar-refractivity contribution in [3.8, 4) is 0 Å². The summed E-state index contributed by atoms with van der Waals surface area (Å²) in [7, 11) is 0. The van der Waals surface area contributed by atoms with Crippen molar-refractivity contribution in [3.63, 3.8) is 0 Å². The number of hydrogen-bond acceptors (Lipinski definition) is 2. The fraction of sp³-hybridized carbons (Fsp3) is 0.263. The molecule has 2 heterocycles. The monoisotopic (exact) mass is 306 g/mol. The zero-order chi connectivity index (χ0) is 15.8. The number of hydrogen-bond donors (Lipinski definition) is 1. The van der Waals surface area contributed by atoms with E-state index in [9.17, 15) is 9.59 Å². The Kier molecular flexibility index (Phi) is 3.37. The Morgan fingerprint density at radius 2 is 1.83 bits per heavy atom. The van der Waals surface area contributed by atoms with Crippen LogP contribution in [0.2, 0.25) is 0 Å². The van der Waals surface area contributed by atoms with E-state index < -0.39 is 0 Å². The molecule has 2 amide bonds. The molecule has 0 radical (unpaired) electrons. The van der Waals surface area contributed by atoms with Gasteiger partial charge >= 0.3 is 0 Å². The van der Waals surface area contributed by atoms with Crippen LogP contribution in [0.25, 0.3) is 0 Å². The second-order valence-corrected chi connectivity index (χ2v) is 6.15. The molecule has 23 heavy (non-hydrogen) atoms. The first kappa shape index (κ1) is 14.0. The van der Waals surface area contributed by atoms with Crippen LogP contribution in [-0.4, -0.2) is 23.3 Å². The summed E-state index contributed by atoms with van der Waals surface area (Å²) in [6.07, 6.45) is 1.22. The van der Waals surface area contributed by atoms with Gasteiger partial charge in [-0.05, 0) is 29.2 Å². The number of nitrogens with one attached hydrogen (secondary N) is 1. The van der Waals surface area contributed by atoms with Crippen LogP contribution in [0.3, 0.4) is 0 Å². The molecule has 116 valence electrons. The first-order valence-electron chi connectivity index (χ1n) is 7.97. The van der Waals surface area contributed by atoms with E-state index in [1.807, 2.05) is 41.3 Å². The molecule has 4 rings (SSSR count). The van der Waals surface area contributed by atoms with E-state index in [4.69, 9.17) is 0 Å². The molecule has 4 heteroatoms.